The average molecular weight is 354 g/mol. The molecule has 0 unspecified atom stereocenters. The molecule has 2 rings (SSSR count). The van der Waals surface area contributed by atoms with Crippen LogP contribution in [0.5, 0.6) is 0 Å². The molecule has 0 fully saturated rings. The fourth-order valence-corrected chi connectivity index (χ4v) is 2.26. The molecule has 0 saturated carbocycles. The molecule has 0 saturated heterocycles. The lowest BCUT2D eigenvalue weighted by Gasteiger charge is -2.14. The van der Waals surface area contributed by atoms with Crippen molar-refractivity contribution in [3.05, 3.63) is 69.7 Å². The van der Waals surface area contributed by atoms with Crippen LogP contribution < -0.4 is 5.32 Å². The molecule has 1 amide bonds. The SMILES string of the molecule is C[C@@H](Cc1ccc(Br)cc1)NC(=O)c1cc(F)ccc1F. The van der Waals surface area contributed by atoms with Gasteiger partial charge in [0, 0.05) is 10.5 Å². The first-order chi connectivity index (χ1) is 9.95. The summed E-state index contributed by atoms with van der Waals surface area (Å²) >= 11 is 3.35. The van der Waals surface area contributed by atoms with E-state index in [1.165, 1.54) is 0 Å². The Morgan fingerprint density at radius 2 is 1.86 bits per heavy atom. The molecule has 0 bridgehead atoms. The second-order valence-electron chi connectivity index (χ2n) is 4.83. The highest BCUT2D eigenvalue weighted by Gasteiger charge is 2.15. The predicted octanol–water partition coefficient (Wildman–Crippen LogP) is 4.09. The Morgan fingerprint density at radius 3 is 2.52 bits per heavy atom. The maximum Gasteiger partial charge on any atom is 0.254 e. The molecular formula is C16H14BrF2NO. The molecule has 2 aromatic carbocycles. The quantitative estimate of drug-likeness (QED) is 0.881. The molecule has 5 heteroatoms. The van der Waals surface area contributed by atoms with Crippen LogP contribution in [0.25, 0.3) is 0 Å². The zero-order valence-corrected chi connectivity index (χ0v) is 13.0. The lowest BCUT2D eigenvalue weighted by Crippen LogP contribution is -2.34. The summed E-state index contributed by atoms with van der Waals surface area (Å²) < 4.78 is 27.6. The molecule has 0 aliphatic carbocycles. The zero-order valence-electron chi connectivity index (χ0n) is 11.4. The molecule has 0 radical (unpaired) electrons. The number of rotatable bonds is 4. The van der Waals surface area contributed by atoms with E-state index in [4.69, 9.17) is 0 Å². The largest absolute Gasteiger partial charge is 0.349 e. The maximum atomic E-state index is 13.5. The number of benzene rings is 2. The summed E-state index contributed by atoms with van der Waals surface area (Å²) in [4.78, 5) is 11.9. The first kappa shape index (κ1) is 15.6. The molecule has 0 aliphatic heterocycles. The average Bonchev–Trinajstić information content (AvgIpc) is 2.44. The molecule has 0 aromatic heterocycles. The maximum absolute atomic E-state index is 13.5. The number of hydrogen-bond donors (Lipinski definition) is 1. The number of nitrogens with one attached hydrogen (secondary N) is 1. The van der Waals surface area contributed by atoms with E-state index in [0.29, 0.717) is 6.42 Å². The Bertz CT molecular complexity index is 643. The molecule has 0 aliphatic rings. The second kappa shape index (κ2) is 6.80. The summed E-state index contributed by atoms with van der Waals surface area (Å²) in [6.45, 7) is 1.82. The van der Waals surface area contributed by atoms with Crippen molar-refractivity contribution in [2.75, 3.05) is 0 Å². The van der Waals surface area contributed by atoms with Crippen LogP contribution in [0.3, 0.4) is 0 Å². The topological polar surface area (TPSA) is 29.1 Å². The van der Waals surface area contributed by atoms with Gasteiger partial charge in [0.2, 0.25) is 0 Å². The van der Waals surface area contributed by atoms with Gasteiger partial charge in [0.1, 0.15) is 11.6 Å². The molecule has 1 N–H and O–H groups in total. The summed E-state index contributed by atoms with van der Waals surface area (Å²) in [6, 6.07) is 10.3. The first-order valence-electron chi connectivity index (χ1n) is 6.46. The Labute approximate surface area is 130 Å². The van der Waals surface area contributed by atoms with E-state index in [2.05, 4.69) is 21.2 Å². The summed E-state index contributed by atoms with van der Waals surface area (Å²) in [5, 5.41) is 2.67. The number of carbonyl (C=O) groups excluding carboxylic acids is 1. The van der Waals surface area contributed by atoms with Crippen LogP contribution in [0.2, 0.25) is 0 Å². The van der Waals surface area contributed by atoms with E-state index < -0.39 is 17.5 Å². The Balaban J connectivity index is 2.01. The standard InChI is InChI=1S/C16H14BrF2NO/c1-10(8-11-2-4-12(17)5-3-11)20-16(21)14-9-13(18)6-7-15(14)19/h2-7,9-10H,8H2,1H3,(H,20,21)/t10-/m0/s1. The summed E-state index contributed by atoms with van der Waals surface area (Å²) in [7, 11) is 0. The van der Waals surface area contributed by atoms with Gasteiger partial charge in [0.25, 0.3) is 5.91 Å². The van der Waals surface area contributed by atoms with E-state index in [1.54, 1.807) is 0 Å². The van der Waals surface area contributed by atoms with Crippen LogP contribution in [0.4, 0.5) is 8.78 Å². The number of amides is 1. The van der Waals surface area contributed by atoms with Gasteiger partial charge in [0.05, 0.1) is 5.56 Å². The van der Waals surface area contributed by atoms with Gasteiger partial charge < -0.3 is 5.32 Å². The third-order valence-corrected chi connectivity index (χ3v) is 3.53. The third-order valence-electron chi connectivity index (χ3n) is 3.01. The Hall–Kier alpha value is -1.75. The predicted molar refractivity (Wildman–Crippen MR) is 81.1 cm³/mol. The minimum atomic E-state index is -0.732. The Morgan fingerprint density at radius 1 is 1.19 bits per heavy atom. The van der Waals surface area contributed by atoms with Gasteiger partial charge in [-0.25, -0.2) is 8.78 Å². The normalized spacial score (nSPS) is 12.0. The van der Waals surface area contributed by atoms with Crippen molar-refractivity contribution < 1.29 is 13.6 Å². The van der Waals surface area contributed by atoms with E-state index in [-0.39, 0.29) is 11.6 Å². The molecule has 2 aromatic rings. The van der Waals surface area contributed by atoms with Crippen LogP contribution in [0.15, 0.2) is 46.9 Å². The molecular weight excluding hydrogens is 340 g/mol. The lowest BCUT2D eigenvalue weighted by atomic mass is 10.1. The van der Waals surface area contributed by atoms with Gasteiger partial charge in [-0.2, -0.15) is 0 Å². The highest BCUT2D eigenvalue weighted by molar-refractivity contribution is 9.10. The molecule has 2 nitrogen and oxygen atoms in total. The minimum absolute atomic E-state index is 0.193. The van der Waals surface area contributed by atoms with Crippen molar-refractivity contribution in [2.45, 2.75) is 19.4 Å². The van der Waals surface area contributed by atoms with Crippen LogP contribution in [0, 0.1) is 11.6 Å². The van der Waals surface area contributed by atoms with Gasteiger partial charge in [0.15, 0.2) is 0 Å². The van der Waals surface area contributed by atoms with Crippen molar-refractivity contribution in [3.63, 3.8) is 0 Å². The van der Waals surface area contributed by atoms with Gasteiger partial charge >= 0.3 is 0 Å². The van der Waals surface area contributed by atoms with Crippen LogP contribution in [0.1, 0.15) is 22.8 Å². The highest BCUT2D eigenvalue weighted by atomic mass is 79.9. The summed E-state index contributed by atoms with van der Waals surface area (Å²) in [5.41, 5.74) is 0.767. The zero-order chi connectivity index (χ0) is 15.4. The van der Waals surface area contributed by atoms with Crippen molar-refractivity contribution in [1.82, 2.24) is 5.32 Å². The summed E-state index contributed by atoms with van der Waals surface area (Å²) in [5.74, 6) is -1.98. The van der Waals surface area contributed by atoms with Crippen LogP contribution in [-0.2, 0) is 6.42 Å². The molecule has 21 heavy (non-hydrogen) atoms. The molecule has 1 atom stereocenters. The second-order valence-corrected chi connectivity index (χ2v) is 5.74. The number of halogens is 3. The third kappa shape index (κ3) is 4.36. The van der Waals surface area contributed by atoms with Crippen molar-refractivity contribution in [1.29, 1.82) is 0 Å². The van der Waals surface area contributed by atoms with Gasteiger partial charge in [-0.1, -0.05) is 28.1 Å². The van der Waals surface area contributed by atoms with E-state index in [9.17, 15) is 13.6 Å². The first-order valence-corrected chi connectivity index (χ1v) is 7.25. The van der Waals surface area contributed by atoms with Crippen LogP contribution in [-0.4, -0.2) is 11.9 Å². The molecule has 0 spiro atoms. The molecule has 110 valence electrons. The smallest absolute Gasteiger partial charge is 0.254 e. The number of carbonyl (C=O) groups is 1. The van der Waals surface area contributed by atoms with Gasteiger partial charge in [-0.3, -0.25) is 4.79 Å². The van der Waals surface area contributed by atoms with Crippen molar-refractivity contribution in [3.8, 4) is 0 Å². The van der Waals surface area contributed by atoms with E-state index in [0.717, 1.165) is 28.2 Å². The summed E-state index contributed by atoms with van der Waals surface area (Å²) in [6.07, 6.45) is 0.607. The monoisotopic (exact) mass is 353 g/mol. The highest BCUT2D eigenvalue weighted by Crippen LogP contribution is 2.13. The lowest BCUT2D eigenvalue weighted by molar-refractivity contribution is 0.0935. The van der Waals surface area contributed by atoms with Gasteiger partial charge in [-0.05, 0) is 49.2 Å². The van der Waals surface area contributed by atoms with Crippen LogP contribution >= 0.6 is 15.9 Å². The molecule has 0 heterocycles. The number of hydrogen-bond acceptors (Lipinski definition) is 1. The van der Waals surface area contributed by atoms with Gasteiger partial charge in [-0.15, -0.1) is 0 Å². The Kier molecular flexibility index (Phi) is 5.07. The van der Waals surface area contributed by atoms with E-state index >= 15 is 0 Å². The minimum Gasteiger partial charge on any atom is -0.349 e. The van der Waals surface area contributed by atoms with Crippen molar-refractivity contribution in [2.24, 2.45) is 0 Å². The fourth-order valence-electron chi connectivity index (χ4n) is 2.00. The fraction of sp³-hybridized carbons (Fsp3) is 0.188. The van der Waals surface area contributed by atoms with E-state index in [1.807, 2.05) is 31.2 Å². The van der Waals surface area contributed by atoms with Crippen molar-refractivity contribution >= 4 is 21.8 Å².